The molecule has 0 N–H and O–H groups in total. The molecule has 1 aliphatic carbocycles. The molecule has 0 radical (unpaired) electrons. The first kappa shape index (κ1) is 29.6. The number of carbonyl (C=O) groups excluding carboxylic acids is 1. The summed E-state index contributed by atoms with van der Waals surface area (Å²) in [6.45, 7) is 0.107. The predicted octanol–water partition coefficient (Wildman–Crippen LogP) is 8.84. The number of halogens is 6. The first-order valence-corrected chi connectivity index (χ1v) is 13.5. The van der Waals surface area contributed by atoms with Crippen LogP contribution in [0.25, 0.3) is 11.3 Å². The summed E-state index contributed by atoms with van der Waals surface area (Å²) in [5.41, 5.74) is 2.09. The van der Waals surface area contributed by atoms with Gasteiger partial charge in [0, 0.05) is 28.7 Å². The van der Waals surface area contributed by atoms with Crippen LogP contribution in [0.4, 0.5) is 13.2 Å². The van der Waals surface area contributed by atoms with Gasteiger partial charge in [0.05, 0.1) is 33.3 Å². The molecule has 42 heavy (non-hydrogen) atoms. The van der Waals surface area contributed by atoms with E-state index in [1.165, 1.54) is 6.07 Å². The van der Waals surface area contributed by atoms with Crippen LogP contribution in [-0.2, 0) is 11.3 Å². The Bertz CT molecular complexity index is 1700. The molecule has 0 atom stereocenters. The summed E-state index contributed by atoms with van der Waals surface area (Å²) >= 11 is 19.3. The molecule has 0 saturated heterocycles. The third-order valence-corrected chi connectivity index (χ3v) is 7.14. The van der Waals surface area contributed by atoms with Gasteiger partial charge in [-0.25, -0.2) is 4.79 Å². The molecule has 0 unspecified atom stereocenters. The van der Waals surface area contributed by atoms with Crippen LogP contribution in [0.3, 0.4) is 0 Å². The lowest BCUT2D eigenvalue weighted by molar-refractivity contribution is -0.274. The Hall–Kier alpha value is -3.84. The van der Waals surface area contributed by atoms with E-state index in [1.807, 2.05) is 0 Å². The van der Waals surface area contributed by atoms with E-state index in [9.17, 15) is 18.0 Å². The Balaban J connectivity index is 1.38. The standard InChI is InChI=1S/C30H19Cl3F3NO5/c1-39-29(38)19-11-16(12-21(13-19)41-30(34,35)36)5-6-17-9-10-20(14-25(17)33)40-15-22-27(37-42-28(22)18-7-8-18)26-23(31)3-2-4-24(26)32/h2-4,9-14,18H,7-8,15H2,1H3. The number of rotatable bonds is 7. The number of carbonyl (C=O) groups is 1. The molecule has 5 rings (SSSR count). The van der Waals surface area contributed by atoms with Crippen LogP contribution in [0, 0.1) is 11.8 Å². The molecule has 1 aliphatic rings. The second kappa shape index (κ2) is 12.2. The molecule has 0 bridgehead atoms. The van der Waals surface area contributed by atoms with E-state index in [4.69, 9.17) is 44.1 Å². The smallest absolute Gasteiger partial charge is 0.489 e. The number of methoxy groups -OCH3 is 1. The number of alkyl halides is 3. The van der Waals surface area contributed by atoms with Crippen molar-refractivity contribution in [3.63, 3.8) is 0 Å². The van der Waals surface area contributed by atoms with Gasteiger partial charge in [-0.2, -0.15) is 0 Å². The van der Waals surface area contributed by atoms with Crippen molar-refractivity contribution < 1.29 is 36.7 Å². The average molecular weight is 637 g/mol. The molecule has 1 saturated carbocycles. The number of benzene rings is 3. The lowest BCUT2D eigenvalue weighted by Crippen LogP contribution is -2.17. The molecule has 6 nitrogen and oxygen atoms in total. The molecule has 0 spiro atoms. The number of ether oxygens (including phenoxy) is 3. The summed E-state index contributed by atoms with van der Waals surface area (Å²) in [5.74, 6) is 5.44. The van der Waals surface area contributed by atoms with E-state index in [0.29, 0.717) is 32.6 Å². The fraction of sp³-hybridized carbons (Fsp3) is 0.200. The monoisotopic (exact) mass is 635 g/mol. The number of nitrogens with zero attached hydrogens (tertiary/aromatic N) is 1. The van der Waals surface area contributed by atoms with Crippen molar-refractivity contribution in [1.82, 2.24) is 5.16 Å². The van der Waals surface area contributed by atoms with Crippen molar-refractivity contribution in [2.24, 2.45) is 0 Å². The minimum Gasteiger partial charge on any atom is -0.489 e. The second-order valence-corrected chi connectivity index (χ2v) is 10.4. The van der Waals surface area contributed by atoms with Crippen molar-refractivity contribution in [1.29, 1.82) is 0 Å². The summed E-state index contributed by atoms with van der Waals surface area (Å²) < 4.78 is 58.6. The molecule has 1 fully saturated rings. The Morgan fingerprint density at radius 2 is 1.74 bits per heavy atom. The van der Waals surface area contributed by atoms with Crippen LogP contribution in [0.15, 0.2) is 59.1 Å². The van der Waals surface area contributed by atoms with E-state index in [2.05, 4.69) is 26.5 Å². The molecule has 1 aromatic heterocycles. The number of esters is 1. The van der Waals surface area contributed by atoms with Gasteiger partial charge >= 0.3 is 12.3 Å². The van der Waals surface area contributed by atoms with Crippen LogP contribution < -0.4 is 9.47 Å². The lowest BCUT2D eigenvalue weighted by Gasteiger charge is -2.10. The third-order valence-electron chi connectivity index (χ3n) is 6.19. The Labute approximate surface area is 253 Å². The summed E-state index contributed by atoms with van der Waals surface area (Å²) in [6.07, 6.45) is -3.00. The third kappa shape index (κ3) is 6.96. The quantitative estimate of drug-likeness (QED) is 0.149. The fourth-order valence-corrected chi connectivity index (χ4v) is 4.92. The van der Waals surface area contributed by atoms with Crippen molar-refractivity contribution in [3.8, 4) is 34.6 Å². The van der Waals surface area contributed by atoms with E-state index in [-0.39, 0.29) is 28.7 Å². The normalized spacial score (nSPS) is 12.8. The molecular weight excluding hydrogens is 618 g/mol. The maximum Gasteiger partial charge on any atom is 0.573 e. The van der Waals surface area contributed by atoms with Gasteiger partial charge in [-0.05, 0) is 55.3 Å². The summed E-state index contributed by atoms with van der Waals surface area (Å²) in [4.78, 5) is 11.9. The lowest BCUT2D eigenvalue weighted by atomic mass is 10.0. The first-order chi connectivity index (χ1) is 20.0. The van der Waals surface area contributed by atoms with Gasteiger partial charge in [0.25, 0.3) is 0 Å². The molecule has 0 aliphatic heterocycles. The van der Waals surface area contributed by atoms with Crippen molar-refractivity contribution in [3.05, 3.63) is 97.7 Å². The first-order valence-electron chi connectivity index (χ1n) is 12.4. The topological polar surface area (TPSA) is 70.8 Å². The van der Waals surface area contributed by atoms with Gasteiger partial charge in [-0.1, -0.05) is 57.9 Å². The summed E-state index contributed by atoms with van der Waals surface area (Å²) in [6, 6.07) is 13.2. The van der Waals surface area contributed by atoms with Crippen LogP contribution >= 0.6 is 34.8 Å². The number of aromatic nitrogens is 1. The van der Waals surface area contributed by atoms with E-state index < -0.39 is 18.1 Å². The summed E-state index contributed by atoms with van der Waals surface area (Å²) in [7, 11) is 1.11. The molecule has 12 heteroatoms. The SMILES string of the molecule is COC(=O)c1cc(C#Cc2ccc(OCc3c(-c4c(Cl)cccc4Cl)noc3C3CC3)cc2Cl)cc(OC(F)(F)F)c1. The Kier molecular flexibility index (Phi) is 8.60. The largest absolute Gasteiger partial charge is 0.573 e. The highest BCUT2D eigenvalue weighted by Gasteiger charge is 2.34. The van der Waals surface area contributed by atoms with E-state index in [1.54, 1.807) is 36.4 Å². The van der Waals surface area contributed by atoms with E-state index in [0.717, 1.165) is 43.4 Å². The highest BCUT2D eigenvalue weighted by Crippen LogP contribution is 2.46. The van der Waals surface area contributed by atoms with Gasteiger partial charge in [0.2, 0.25) is 0 Å². The van der Waals surface area contributed by atoms with Crippen LogP contribution in [-0.4, -0.2) is 24.6 Å². The molecule has 0 amide bonds. The zero-order valence-electron chi connectivity index (χ0n) is 21.7. The maximum atomic E-state index is 12.8. The van der Waals surface area contributed by atoms with Gasteiger partial charge in [-0.3, -0.25) is 0 Å². The van der Waals surface area contributed by atoms with Gasteiger partial charge in [-0.15, -0.1) is 13.2 Å². The number of hydrogen-bond acceptors (Lipinski definition) is 6. The second-order valence-electron chi connectivity index (χ2n) is 9.21. The van der Waals surface area contributed by atoms with Crippen LogP contribution in [0.1, 0.15) is 51.6 Å². The van der Waals surface area contributed by atoms with Crippen molar-refractivity contribution >= 4 is 40.8 Å². The maximum absolute atomic E-state index is 12.8. The Morgan fingerprint density at radius 3 is 2.38 bits per heavy atom. The minimum atomic E-state index is -4.95. The highest BCUT2D eigenvalue weighted by atomic mass is 35.5. The molecule has 3 aromatic carbocycles. The zero-order chi connectivity index (χ0) is 30.0. The van der Waals surface area contributed by atoms with Gasteiger partial charge in [0.1, 0.15) is 29.6 Å². The zero-order valence-corrected chi connectivity index (χ0v) is 23.9. The predicted molar refractivity (Wildman–Crippen MR) is 150 cm³/mol. The number of hydrogen-bond donors (Lipinski definition) is 0. The highest BCUT2D eigenvalue weighted by molar-refractivity contribution is 6.39. The van der Waals surface area contributed by atoms with Gasteiger partial charge < -0.3 is 18.7 Å². The molecule has 4 aromatic rings. The molecular formula is C30H19Cl3F3NO5. The van der Waals surface area contributed by atoms with Crippen LogP contribution in [0.2, 0.25) is 15.1 Å². The van der Waals surface area contributed by atoms with Crippen LogP contribution in [0.5, 0.6) is 11.5 Å². The van der Waals surface area contributed by atoms with Gasteiger partial charge in [0.15, 0.2) is 0 Å². The van der Waals surface area contributed by atoms with Crippen molar-refractivity contribution in [2.45, 2.75) is 31.7 Å². The molecule has 1 heterocycles. The summed E-state index contributed by atoms with van der Waals surface area (Å²) in [5, 5.41) is 5.34. The Morgan fingerprint density at radius 1 is 1.00 bits per heavy atom. The molecule has 216 valence electrons. The minimum absolute atomic E-state index is 0.0827. The average Bonchev–Trinajstić information content (AvgIpc) is 3.69. The van der Waals surface area contributed by atoms with Crippen molar-refractivity contribution in [2.75, 3.05) is 7.11 Å². The fourth-order valence-electron chi connectivity index (χ4n) is 4.13. The van der Waals surface area contributed by atoms with E-state index >= 15 is 0 Å².